The Bertz CT molecular complexity index is 2560. The quantitative estimate of drug-likeness (QED) is 0.0917. The Morgan fingerprint density at radius 3 is 1.77 bits per heavy atom. The number of allylic oxidation sites excluding steroid dienone is 2. The number of aromatic amines is 1. The van der Waals surface area contributed by atoms with Crippen LogP contribution in [-0.4, -0.2) is 96.1 Å². The van der Waals surface area contributed by atoms with Gasteiger partial charge >= 0.3 is 117 Å². The van der Waals surface area contributed by atoms with Crippen molar-refractivity contribution >= 4 is 70.1 Å². The Balaban J connectivity index is 0.00000451. The second-order valence-electron chi connectivity index (χ2n) is 9.11. The molecule has 0 saturated heterocycles. The van der Waals surface area contributed by atoms with E-state index in [9.17, 15) is 76.7 Å². The average molecular weight is 831 g/mol. The number of nitrogens with one attached hydrogen (secondary N) is 1. The van der Waals surface area contributed by atoms with Crippen molar-refractivity contribution < 1.29 is 165 Å². The molecule has 1 aromatic heterocycles. The molecule has 2 heterocycles. The van der Waals surface area contributed by atoms with E-state index in [0.29, 0.717) is 60.7 Å². The molecule has 52 heavy (non-hydrogen) atoms. The summed E-state index contributed by atoms with van der Waals surface area (Å²) in [6.07, 6.45) is 1.93. The van der Waals surface area contributed by atoms with Gasteiger partial charge in [0.25, 0.3) is 5.56 Å². The molecule has 1 aliphatic rings. The maximum atomic E-state index is 13.2. The van der Waals surface area contributed by atoms with Gasteiger partial charge in [0.05, 0.1) is 36.4 Å². The van der Waals surface area contributed by atoms with Crippen LogP contribution in [0.15, 0.2) is 89.7 Å². The largest absolute Gasteiger partial charge is 1.00 e. The van der Waals surface area contributed by atoms with E-state index in [0.717, 1.165) is 0 Å². The number of carbonyl (C=O) groups is 3. The van der Waals surface area contributed by atoms with Crippen LogP contribution in [-0.2, 0) is 54.3 Å². The van der Waals surface area contributed by atoms with Crippen molar-refractivity contribution in [1.82, 2.24) is 15.0 Å². The predicted molar refractivity (Wildman–Crippen MR) is 151 cm³/mol. The van der Waals surface area contributed by atoms with Crippen molar-refractivity contribution in [1.29, 1.82) is 0 Å². The third kappa shape index (κ3) is 10.4. The molecule has 0 unspecified atom stereocenters. The number of rotatable bonds is 11. The molecule has 0 fully saturated rings. The first-order valence-electron chi connectivity index (χ1n) is 12.1. The summed E-state index contributed by atoms with van der Waals surface area (Å²) in [4.78, 5) is 45.6. The maximum absolute atomic E-state index is 13.2. The fourth-order valence-electron chi connectivity index (χ4n) is 3.88. The number of aromatic nitrogens is 2. The molecule has 22 nitrogen and oxygen atoms in total. The van der Waals surface area contributed by atoms with Crippen LogP contribution in [0.5, 0.6) is 0 Å². The summed E-state index contributed by atoms with van der Waals surface area (Å²) >= 11 is 0. The Morgan fingerprint density at radius 2 is 1.29 bits per heavy atom. The standard InChI is InChI=1S/C23H16N4O18S4.3Na/c28-20-14(18(22(30)31)24-26(20)16-10-13(47(37,38)39)8-9-17(16)48(40,41)42)2-1-3-15-19(23(32)33)25-27(21(15)29)45-49(43,44)12-6-4-11(5-7-12)46(34,35)36;;;/h1-10,24H,(H,30,31)(H,32,33)(H,34,35,36)(H,37,38,39)(H,40,41,42);;;/q;3*+1/p-3. The summed E-state index contributed by atoms with van der Waals surface area (Å²) in [7, 11) is -20.8. The number of carboxylic acids is 2. The number of aromatic carboxylic acids is 1. The van der Waals surface area contributed by atoms with Gasteiger partial charge in [0, 0.05) is 0 Å². The van der Waals surface area contributed by atoms with Crippen LogP contribution in [0.2, 0.25) is 0 Å². The van der Waals surface area contributed by atoms with E-state index < -0.39 is 112 Å². The van der Waals surface area contributed by atoms with Gasteiger partial charge in [-0.3, -0.25) is 14.7 Å². The number of benzene rings is 2. The van der Waals surface area contributed by atoms with Crippen LogP contribution in [0.4, 0.5) is 0 Å². The van der Waals surface area contributed by atoms with Gasteiger partial charge in [0.1, 0.15) is 30.4 Å². The molecule has 0 aliphatic carbocycles. The molecule has 3 aromatic rings. The van der Waals surface area contributed by atoms with Gasteiger partial charge in [-0.1, -0.05) is 11.2 Å². The third-order valence-corrected chi connectivity index (χ3v) is 9.77. The van der Waals surface area contributed by atoms with E-state index in [1.807, 2.05) is 5.10 Å². The van der Waals surface area contributed by atoms with E-state index >= 15 is 0 Å². The maximum Gasteiger partial charge on any atom is 1.00 e. The molecule has 29 heteroatoms. The number of aliphatic carboxylic acids is 1. The van der Waals surface area contributed by atoms with E-state index in [-0.39, 0.29) is 98.5 Å². The van der Waals surface area contributed by atoms with E-state index in [1.54, 1.807) is 0 Å². The van der Waals surface area contributed by atoms with Gasteiger partial charge < -0.3 is 23.9 Å². The zero-order valence-electron chi connectivity index (χ0n) is 26.2. The summed E-state index contributed by atoms with van der Waals surface area (Å²) in [6, 6.07) is 3.60. The average Bonchev–Trinajstić information content (AvgIpc) is 3.47. The van der Waals surface area contributed by atoms with Crippen LogP contribution in [0.3, 0.4) is 0 Å². The first kappa shape index (κ1) is 47.7. The van der Waals surface area contributed by atoms with Crippen LogP contribution in [0.1, 0.15) is 16.1 Å². The number of hydroxylamine groups is 1. The number of hydrogen-bond acceptors (Lipinski definition) is 17. The van der Waals surface area contributed by atoms with Gasteiger partial charge in [0.15, 0.2) is 11.4 Å². The van der Waals surface area contributed by atoms with Gasteiger partial charge in [-0.05, 0) is 54.6 Å². The summed E-state index contributed by atoms with van der Waals surface area (Å²) in [5.74, 6) is -5.36. The molecule has 0 atom stereocenters. The molecule has 3 N–H and O–H groups in total. The SMILES string of the molecule is O=C(O)C1=NN(OS(=O)(=O)c2ccc(S(=O)(=O)[O-])cc2)C(=O)C1=CC=Cc1c(C(=O)O)[nH]n(-c2cc(S(=O)(=O)[O-])ccc2S(=O)(=O)[O-])c1=O.[Na+].[Na+].[Na+]. The smallest absolute Gasteiger partial charge is 0.744 e. The summed E-state index contributed by atoms with van der Waals surface area (Å²) < 4.78 is 133. The monoisotopic (exact) mass is 830 g/mol. The molecular weight excluding hydrogens is 818 g/mol. The number of carboxylic acid groups (broad SMARTS) is 2. The van der Waals surface area contributed by atoms with E-state index in [1.165, 1.54) is 0 Å². The number of hydrogen-bond donors (Lipinski definition) is 3. The number of nitrogens with zero attached hydrogens (tertiary/aromatic N) is 3. The minimum Gasteiger partial charge on any atom is -0.744 e. The Kier molecular flexibility index (Phi) is 16.0. The van der Waals surface area contributed by atoms with Gasteiger partial charge in [-0.15, -0.1) is 9.39 Å². The first-order valence-corrected chi connectivity index (χ1v) is 17.8. The van der Waals surface area contributed by atoms with Crippen LogP contribution >= 0.6 is 0 Å². The number of hydrazone groups is 1. The summed E-state index contributed by atoms with van der Waals surface area (Å²) in [5, 5.41) is 23.9. The molecule has 4 rings (SSSR count). The van der Waals surface area contributed by atoms with E-state index in [2.05, 4.69) is 9.39 Å². The molecule has 1 amide bonds. The summed E-state index contributed by atoms with van der Waals surface area (Å²) in [5.41, 5.74) is -6.47. The Labute approximate surface area is 358 Å². The molecule has 260 valence electrons. The van der Waals surface area contributed by atoms with Gasteiger partial charge in [-0.25, -0.2) is 39.5 Å². The van der Waals surface area contributed by atoms with Gasteiger partial charge in [0.2, 0.25) is 0 Å². The van der Waals surface area contributed by atoms with Crippen molar-refractivity contribution in [3.05, 3.63) is 81.8 Å². The molecule has 1 aliphatic heterocycles. The van der Waals surface area contributed by atoms with Crippen LogP contribution in [0.25, 0.3) is 11.8 Å². The van der Waals surface area contributed by atoms with Crippen molar-refractivity contribution in [3.8, 4) is 5.69 Å². The number of amides is 1. The normalized spacial score (nSPS) is 14.4. The minimum absolute atomic E-state index is 0. The molecule has 0 radical (unpaired) electrons. The van der Waals surface area contributed by atoms with Crippen molar-refractivity contribution in [2.45, 2.75) is 19.6 Å². The Hall–Kier alpha value is -2.35. The van der Waals surface area contributed by atoms with Crippen LogP contribution < -0.4 is 94.2 Å². The summed E-state index contributed by atoms with van der Waals surface area (Å²) in [6.45, 7) is 0. The van der Waals surface area contributed by atoms with E-state index in [4.69, 9.17) is 0 Å². The van der Waals surface area contributed by atoms with Gasteiger partial charge in [-0.2, -0.15) is 8.42 Å². The second-order valence-corrected chi connectivity index (χ2v) is 14.7. The predicted octanol–water partition coefficient (Wildman–Crippen LogP) is -10.9. The minimum atomic E-state index is -5.48. The molecule has 2 aromatic carbocycles. The first-order chi connectivity index (χ1) is 22.4. The fourth-order valence-corrected chi connectivity index (χ4v) is 6.32. The van der Waals surface area contributed by atoms with Crippen LogP contribution in [0, 0.1) is 0 Å². The number of carbonyl (C=O) groups excluding carboxylic acids is 1. The topological polar surface area (TPSA) is 360 Å². The molecular formula is C23H13N4Na3O18S4. The zero-order chi connectivity index (χ0) is 36.9. The van der Waals surface area contributed by atoms with Crippen molar-refractivity contribution in [2.75, 3.05) is 0 Å². The third-order valence-electron chi connectivity index (χ3n) is 6.02. The molecule has 0 saturated carbocycles. The zero-order valence-corrected chi connectivity index (χ0v) is 35.4. The fraction of sp³-hybridized carbons (Fsp3) is 0. The van der Waals surface area contributed by atoms with Crippen molar-refractivity contribution in [3.63, 3.8) is 0 Å². The molecule has 0 spiro atoms. The van der Waals surface area contributed by atoms with Crippen molar-refractivity contribution in [2.24, 2.45) is 5.10 Å². The Morgan fingerprint density at radius 1 is 0.769 bits per heavy atom. The number of H-pyrrole nitrogens is 1. The second kappa shape index (κ2) is 17.4. The molecule has 0 bridgehead atoms.